The van der Waals surface area contributed by atoms with Crippen LogP contribution in [0.3, 0.4) is 0 Å². The zero-order valence-electron chi connectivity index (χ0n) is 15.5. The average molecular weight is 430 g/mol. The van der Waals surface area contributed by atoms with Crippen molar-refractivity contribution in [2.24, 2.45) is 0 Å². The summed E-state index contributed by atoms with van der Waals surface area (Å²) in [7, 11) is 0. The Morgan fingerprint density at radius 1 is 1.14 bits per heavy atom. The number of fused-ring (bicyclic) bond motifs is 1. The van der Waals surface area contributed by atoms with E-state index < -0.39 is 0 Å². The molecule has 2 N–H and O–H groups in total. The second kappa shape index (κ2) is 8.42. The third-order valence-electron chi connectivity index (χ3n) is 4.36. The van der Waals surface area contributed by atoms with Gasteiger partial charge in [-0.2, -0.15) is 0 Å². The second-order valence-corrected chi connectivity index (χ2v) is 9.70. The number of benzene rings is 1. The molecule has 0 radical (unpaired) electrons. The third-order valence-corrected chi connectivity index (χ3v) is 7.49. The Balaban J connectivity index is 1.35. The molecule has 4 aromatic rings. The molecule has 0 aliphatic rings. The van der Waals surface area contributed by atoms with Crippen molar-refractivity contribution in [1.29, 1.82) is 0 Å². The van der Waals surface area contributed by atoms with E-state index in [1.807, 2.05) is 32.0 Å². The van der Waals surface area contributed by atoms with Crippen LogP contribution in [0.4, 0.5) is 5.13 Å². The lowest BCUT2D eigenvalue weighted by Crippen LogP contribution is -2.10. The molecule has 144 valence electrons. The number of thioether (sulfide) groups is 1. The fraction of sp³-hybridized carbons (Fsp3) is 0.263. The number of nitrogens with zero attached hydrogens (tertiary/aromatic N) is 3. The highest BCUT2D eigenvalue weighted by molar-refractivity contribution is 8.00. The largest absolute Gasteiger partial charge is 0.360 e. The minimum atomic E-state index is -0.0667. The first-order valence-electron chi connectivity index (χ1n) is 8.83. The molecule has 28 heavy (non-hydrogen) atoms. The van der Waals surface area contributed by atoms with Gasteiger partial charge in [-0.05, 0) is 31.4 Å². The van der Waals surface area contributed by atoms with Crippen LogP contribution in [0, 0.1) is 13.8 Å². The molecular weight excluding hydrogens is 410 g/mol. The van der Waals surface area contributed by atoms with Gasteiger partial charge in [0.25, 0.3) is 5.56 Å². The smallest absolute Gasteiger partial charge is 0.259 e. The second-order valence-electron chi connectivity index (χ2n) is 6.30. The molecule has 0 bridgehead atoms. The van der Waals surface area contributed by atoms with E-state index >= 15 is 0 Å². The van der Waals surface area contributed by atoms with Gasteiger partial charge in [-0.1, -0.05) is 53.4 Å². The summed E-state index contributed by atoms with van der Waals surface area (Å²) in [6.07, 6.45) is 0.938. The van der Waals surface area contributed by atoms with Crippen molar-refractivity contribution in [3.05, 3.63) is 62.5 Å². The van der Waals surface area contributed by atoms with Crippen LogP contribution in [-0.4, -0.2) is 26.7 Å². The summed E-state index contributed by atoms with van der Waals surface area (Å²) in [5.74, 6) is 1.22. The van der Waals surface area contributed by atoms with Gasteiger partial charge in [0.15, 0.2) is 4.34 Å². The van der Waals surface area contributed by atoms with Gasteiger partial charge in [0, 0.05) is 11.4 Å². The fourth-order valence-corrected chi connectivity index (χ4v) is 5.49. The van der Waals surface area contributed by atoms with Gasteiger partial charge >= 0.3 is 0 Å². The molecule has 0 fully saturated rings. The van der Waals surface area contributed by atoms with E-state index in [9.17, 15) is 4.79 Å². The lowest BCUT2D eigenvalue weighted by atomic mass is 10.2. The van der Waals surface area contributed by atoms with Gasteiger partial charge in [-0.3, -0.25) is 4.79 Å². The van der Waals surface area contributed by atoms with Gasteiger partial charge in [-0.25, -0.2) is 4.98 Å². The van der Waals surface area contributed by atoms with Crippen LogP contribution in [-0.2, 0) is 12.2 Å². The van der Waals surface area contributed by atoms with E-state index in [0.29, 0.717) is 17.0 Å². The maximum absolute atomic E-state index is 12.4. The maximum Gasteiger partial charge on any atom is 0.259 e. The molecule has 3 heterocycles. The number of aryl methyl sites for hydroxylation is 2. The molecule has 0 spiro atoms. The number of rotatable bonds is 7. The normalized spacial score (nSPS) is 11.2. The van der Waals surface area contributed by atoms with E-state index in [-0.39, 0.29) is 5.56 Å². The molecule has 0 unspecified atom stereocenters. The average Bonchev–Trinajstić information content (AvgIpc) is 3.25. The fourth-order valence-electron chi connectivity index (χ4n) is 2.80. The lowest BCUT2D eigenvalue weighted by Gasteiger charge is -2.01. The first kappa shape index (κ1) is 19.1. The Morgan fingerprint density at radius 2 is 1.96 bits per heavy atom. The number of aromatic amines is 1. The predicted octanol–water partition coefficient (Wildman–Crippen LogP) is 4.40. The van der Waals surface area contributed by atoms with Crippen molar-refractivity contribution in [2.75, 3.05) is 11.9 Å². The summed E-state index contributed by atoms with van der Waals surface area (Å²) in [5.41, 5.74) is 2.24. The Bertz CT molecular complexity index is 1150. The van der Waals surface area contributed by atoms with Crippen molar-refractivity contribution in [3.63, 3.8) is 0 Å². The SMILES string of the molecule is Cc1sc2nc(CSc3nnc(NCCc4ccccc4)s3)[nH]c(=O)c2c1C. The number of hydrogen-bond acceptors (Lipinski definition) is 8. The summed E-state index contributed by atoms with van der Waals surface area (Å²) in [6, 6.07) is 10.3. The van der Waals surface area contributed by atoms with Crippen LogP contribution < -0.4 is 10.9 Å². The number of aromatic nitrogens is 4. The molecule has 0 saturated carbocycles. The highest BCUT2D eigenvalue weighted by Crippen LogP contribution is 2.29. The summed E-state index contributed by atoms with van der Waals surface area (Å²) >= 11 is 4.61. The first-order chi connectivity index (χ1) is 13.6. The Hall–Kier alpha value is -2.23. The van der Waals surface area contributed by atoms with E-state index in [4.69, 9.17) is 0 Å². The highest BCUT2D eigenvalue weighted by Gasteiger charge is 2.13. The molecule has 6 nitrogen and oxygen atoms in total. The molecule has 9 heteroatoms. The van der Waals surface area contributed by atoms with Crippen LogP contribution in [0.15, 0.2) is 39.5 Å². The van der Waals surface area contributed by atoms with Gasteiger partial charge < -0.3 is 10.3 Å². The molecule has 3 aromatic heterocycles. The van der Waals surface area contributed by atoms with E-state index in [0.717, 1.165) is 37.7 Å². The van der Waals surface area contributed by atoms with Gasteiger partial charge in [0.1, 0.15) is 10.7 Å². The number of thiophene rings is 1. The zero-order valence-corrected chi connectivity index (χ0v) is 17.9. The minimum absolute atomic E-state index is 0.0667. The van der Waals surface area contributed by atoms with Crippen LogP contribution in [0.2, 0.25) is 0 Å². The summed E-state index contributed by atoms with van der Waals surface area (Å²) in [6.45, 7) is 4.79. The molecule has 0 amide bonds. The summed E-state index contributed by atoms with van der Waals surface area (Å²) in [4.78, 5) is 21.8. The monoisotopic (exact) mass is 429 g/mol. The summed E-state index contributed by atoms with van der Waals surface area (Å²) in [5, 5.41) is 13.2. The van der Waals surface area contributed by atoms with Crippen LogP contribution in [0.25, 0.3) is 10.2 Å². The lowest BCUT2D eigenvalue weighted by molar-refractivity contribution is 0.970. The van der Waals surface area contributed by atoms with Crippen LogP contribution in [0.5, 0.6) is 0 Å². The number of anilines is 1. The quantitative estimate of drug-likeness (QED) is 0.424. The van der Waals surface area contributed by atoms with Gasteiger partial charge in [0.2, 0.25) is 5.13 Å². The van der Waals surface area contributed by atoms with Crippen LogP contribution >= 0.6 is 34.4 Å². The van der Waals surface area contributed by atoms with Gasteiger partial charge in [0.05, 0.1) is 11.1 Å². The molecule has 0 aliphatic heterocycles. The molecule has 0 saturated heterocycles. The van der Waals surface area contributed by atoms with Crippen LogP contribution in [0.1, 0.15) is 21.8 Å². The molecule has 4 rings (SSSR count). The van der Waals surface area contributed by atoms with Crippen molar-refractivity contribution >= 4 is 49.8 Å². The first-order valence-corrected chi connectivity index (χ1v) is 11.4. The Labute approximate surface area is 174 Å². The van der Waals surface area contributed by atoms with E-state index in [1.54, 1.807) is 11.3 Å². The van der Waals surface area contributed by atoms with Gasteiger partial charge in [-0.15, -0.1) is 21.5 Å². The van der Waals surface area contributed by atoms with Crippen molar-refractivity contribution < 1.29 is 0 Å². The highest BCUT2D eigenvalue weighted by atomic mass is 32.2. The third kappa shape index (κ3) is 4.26. The van der Waals surface area contributed by atoms with E-state index in [2.05, 4.69) is 37.6 Å². The van der Waals surface area contributed by atoms with Crippen molar-refractivity contribution in [3.8, 4) is 0 Å². The Morgan fingerprint density at radius 3 is 2.79 bits per heavy atom. The number of hydrogen-bond donors (Lipinski definition) is 2. The van der Waals surface area contributed by atoms with Crippen molar-refractivity contribution in [1.82, 2.24) is 20.2 Å². The van der Waals surface area contributed by atoms with Crippen molar-refractivity contribution in [2.45, 2.75) is 30.4 Å². The molecule has 0 atom stereocenters. The number of nitrogens with one attached hydrogen (secondary N) is 2. The molecular formula is C19H19N5OS3. The maximum atomic E-state index is 12.4. The minimum Gasteiger partial charge on any atom is -0.360 e. The number of H-pyrrole nitrogens is 1. The molecule has 1 aromatic carbocycles. The zero-order chi connectivity index (χ0) is 19.5. The Kier molecular flexibility index (Phi) is 5.74. The van der Waals surface area contributed by atoms with E-state index in [1.165, 1.54) is 28.7 Å². The topological polar surface area (TPSA) is 83.6 Å². The predicted molar refractivity (Wildman–Crippen MR) is 118 cm³/mol. The molecule has 0 aliphatic carbocycles. The summed E-state index contributed by atoms with van der Waals surface area (Å²) < 4.78 is 0.850. The standard InChI is InChI=1S/C19H19N5OS3/c1-11-12(2)27-17-15(11)16(25)21-14(22-17)10-26-19-24-23-18(28-19)20-9-8-13-6-4-3-5-7-13/h3-7H,8-10H2,1-2H3,(H,20,23)(H,21,22,25).